The van der Waals surface area contributed by atoms with Gasteiger partial charge in [-0.25, -0.2) is 0 Å². The Morgan fingerprint density at radius 2 is 2.24 bits per heavy atom. The van der Waals surface area contributed by atoms with Crippen LogP contribution in [0.5, 0.6) is 0 Å². The van der Waals surface area contributed by atoms with Gasteiger partial charge in [0.2, 0.25) is 0 Å². The van der Waals surface area contributed by atoms with Crippen molar-refractivity contribution in [3.8, 4) is 0 Å². The molecule has 0 unspecified atom stereocenters. The van der Waals surface area contributed by atoms with E-state index in [1.54, 1.807) is 4.90 Å². The van der Waals surface area contributed by atoms with Gasteiger partial charge in [-0.05, 0) is 59.5 Å². The van der Waals surface area contributed by atoms with Crippen LogP contribution in [-0.2, 0) is 0 Å². The van der Waals surface area contributed by atoms with E-state index in [2.05, 4.69) is 22.6 Å². The average Bonchev–Trinajstić information content (AvgIpc) is 2.26. The lowest BCUT2D eigenvalue weighted by Gasteiger charge is -2.34. The van der Waals surface area contributed by atoms with Crippen molar-refractivity contribution in [1.82, 2.24) is 4.90 Å². The number of alkyl halides is 1. The van der Waals surface area contributed by atoms with Gasteiger partial charge in [0.15, 0.2) is 0 Å². The molecule has 1 aromatic carbocycles. The molecule has 92 valence electrons. The first kappa shape index (κ1) is 13.1. The second-order valence-corrected chi connectivity index (χ2v) is 6.49. The molecule has 17 heavy (non-hydrogen) atoms. The maximum absolute atomic E-state index is 12.1. The summed E-state index contributed by atoms with van der Waals surface area (Å²) >= 11 is 8.16. The van der Waals surface area contributed by atoms with Crippen molar-refractivity contribution in [2.24, 2.45) is 5.92 Å². The van der Waals surface area contributed by atoms with Crippen LogP contribution in [0.25, 0.3) is 0 Å². The summed E-state index contributed by atoms with van der Waals surface area (Å²) < 4.78 is 1.09. The monoisotopic (exact) mass is 363 g/mol. The van der Waals surface area contributed by atoms with Crippen LogP contribution >= 0.6 is 34.2 Å². The highest BCUT2D eigenvalue weighted by Crippen LogP contribution is 2.32. The number of rotatable bonds is 3. The van der Waals surface area contributed by atoms with Gasteiger partial charge in [0.1, 0.15) is 0 Å². The van der Waals surface area contributed by atoms with Crippen LogP contribution in [-0.4, -0.2) is 29.8 Å². The Kier molecular flexibility index (Phi) is 4.31. The van der Waals surface area contributed by atoms with Gasteiger partial charge in [-0.2, -0.15) is 0 Å². The Labute approximate surface area is 120 Å². The summed E-state index contributed by atoms with van der Waals surface area (Å²) in [6.45, 7) is 0.813. The van der Waals surface area contributed by atoms with Crippen LogP contribution in [0.4, 0.5) is 0 Å². The fourth-order valence-electron chi connectivity index (χ4n) is 2.12. The molecular weight excluding hydrogens is 349 g/mol. The molecule has 1 aromatic rings. The number of hydrogen-bond donors (Lipinski definition) is 0. The number of benzene rings is 1. The maximum Gasteiger partial charge on any atom is 0.253 e. The molecule has 0 aromatic heterocycles. The van der Waals surface area contributed by atoms with Crippen molar-refractivity contribution in [3.05, 3.63) is 33.4 Å². The van der Waals surface area contributed by atoms with Gasteiger partial charge in [0, 0.05) is 28.1 Å². The minimum Gasteiger partial charge on any atom is -0.341 e. The largest absolute Gasteiger partial charge is 0.341 e. The van der Waals surface area contributed by atoms with Gasteiger partial charge >= 0.3 is 0 Å². The lowest BCUT2D eigenvalue weighted by Crippen LogP contribution is -2.37. The molecule has 1 aliphatic rings. The van der Waals surface area contributed by atoms with Crippen molar-refractivity contribution >= 4 is 40.1 Å². The van der Waals surface area contributed by atoms with Crippen LogP contribution in [0.2, 0.25) is 0 Å². The van der Waals surface area contributed by atoms with Crippen LogP contribution in [0, 0.1) is 9.49 Å². The predicted molar refractivity (Wildman–Crippen MR) is 78.5 cm³/mol. The number of hydrogen-bond acceptors (Lipinski definition) is 1. The van der Waals surface area contributed by atoms with Crippen molar-refractivity contribution in [1.29, 1.82) is 0 Å². The first-order valence-corrected chi connectivity index (χ1v) is 7.23. The minimum atomic E-state index is 0.0986. The highest BCUT2D eigenvalue weighted by atomic mass is 127. The molecule has 2 nitrogen and oxygen atoms in total. The molecule has 0 bridgehead atoms. The van der Waals surface area contributed by atoms with Gasteiger partial charge < -0.3 is 4.90 Å². The summed E-state index contributed by atoms with van der Waals surface area (Å²) in [5.74, 6) is 0.677. The molecule has 0 aliphatic heterocycles. The van der Waals surface area contributed by atoms with Gasteiger partial charge in [-0.1, -0.05) is 6.07 Å². The van der Waals surface area contributed by atoms with E-state index in [1.165, 1.54) is 0 Å². The van der Waals surface area contributed by atoms with Gasteiger partial charge in [-0.15, -0.1) is 11.6 Å². The molecule has 4 heteroatoms. The van der Waals surface area contributed by atoms with Crippen molar-refractivity contribution < 1.29 is 4.79 Å². The lowest BCUT2D eigenvalue weighted by molar-refractivity contribution is 0.0747. The first-order chi connectivity index (χ1) is 8.06. The molecule has 0 N–H and O–H groups in total. The molecule has 1 fully saturated rings. The number of halogens is 2. The van der Waals surface area contributed by atoms with Crippen LogP contribution in [0.1, 0.15) is 23.2 Å². The molecular formula is C13H15ClINO. The summed E-state index contributed by atoms with van der Waals surface area (Å²) in [6, 6.07) is 7.69. The second kappa shape index (κ2) is 5.57. The van der Waals surface area contributed by atoms with Crippen molar-refractivity contribution in [2.45, 2.75) is 18.2 Å². The number of carbonyl (C=O) groups excluding carboxylic acids is 1. The van der Waals surface area contributed by atoms with E-state index in [0.29, 0.717) is 11.3 Å². The van der Waals surface area contributed by atoms with Crippen LogP contribution in [0.3, 0.4) is 0 Å². The Balaban J connectivity index is 1.95. The van der Waals surface area contributed by atoms with Gasteiger partial charge in [0.05, 0.1) is 0 Å². The van der Waals surface area contributed by atoms with E-state index >= 15 is 0 Å². The zero-order valence-corrected chi connectivity index (χ0v) is 12.6. The van der Waals surface area contributed by atoms with Crippen molar-refractivity contribution in [2.75, 3.05) is 13.6 Å². The van der Waals surface area contributed by atoms with E-state index in [4.69, 9.17) is 11.6 Å². The number of nitrogens with zero attached hydrogens (tertiary/aromatic N) is 1. The molecule has 2 rings (SSSR count). The highest BCUT2D eigenvalue weighted by molar-refractivity contribution is 14.1. The quantitative estimate of drug-likeness (QED) is 0.595. The van der Waals surface area contributed by atoms with E-state index in [9.17, 15) is 4.79 Å². The Bertz CT molecular complexity index is 418. The Morgan fingerprint density at radius 1 is 1.53 bits per heavy atom. The Hall–Kier alpha value is -0.290. The summed E-state index contributed by atoms with van der Waals surface area (Å²) in [4.78, 5) is 13.9. The minimum absolute atomic E-state index is 0.0986. The van der Waals surface area contributed by atoms with E-state index in [1.807, 2.05) is 31.3 Å². The maximum atomic E-state index is 12.1. The lowest BCUT2D eigenvalue weighted by atomic mass is 9.84. The molecule has 0 atom stereocenters. The summed E-state index contributed by atoms with van der Waals surface area (Å²) in [6.07, 6.45) is 2.07. The highest BCUT2D eigenvalue weighted by Gasteiger charge is 2.29. The van der Waals surface area contributed by atoms with Crippen LogP contribution < -0.4 is 0 Å². The van der Waals surface area contributed by atoms with Gasteiger partial charge in [-0.3, -0.25) is 4.79 Å². The second-order valence-electron chi connectivity index (χ2n) is 4.63. The standard InChI is InChI=1S/C13H15ClINO/c1-16(8-9-5-11(14)6-9)13(17)10-3-2-4-12(15)7-10/h2-4,7,9,11H,5-6,8H2,1H3. The van der Waals surface area contributed by atoms with Crippen molar-refractivity contribution in [3.63, 3.8) is 0 Å². The zero-order chi connectivity index (χ0) is 12.4. The molecule has 1 aliphatic carbocycles. The van der Waals surface area contributed by atoms with Crippen LogP contribution in [0.15, 0.2) is 24.3 Å². The SMILES string of the molecule is CN(CC1CC(Cl)C1)C(=O)c1cccc(I)c1. The fourth-order valence-corrected chi connectivity index (χ4v) is 3.16. The van der Waals surface area contributed by atoms with Gasteiger partial charge in [0.25, 0.3) is 5.91 Å². The normalized spacial score (nSPS) is 23.0. The zero-order valence-electron chi connectivity index (χ0n) is 9.70. The molecule has 0 spiro atoms. The predicted octanol–water partition coefficient (Wildman–Crippen LogP) is 3.38. The third-order valence-electron chi connectivity index (χ3n) is 3.13. The molecule has 0 heterocycles. The third-order valence-corrected chi connectivity index (χ3v) is 4.16. The van der Waals surface area contributed by atoms with E-state index in [0.717, 1.165) is 28.5 Å². The summed E-state index contributed by atoms with van der Waals surface area (Å²) in [5.41, 5.74) is 0.765. The first-order valence-electron chi connectivity index (χ1n) is 5.71. The summed E-state index contributed by atoms with van der Waals surface area (Å²) in [5, 5.41) is 0.321. The molecule has 0 saturated heterocycles. The average molecular weight is 364 g/mol. The summed E-state index contributed by atoms with van der Waals surface area (Å²) in [7, 11) is 1.86. The molecule has 1 saturated carbocycles. The number of amides is 1. The number of carbonyl (C=O) groups is 1. The third kappa shape index (κ3) is 3.35. The smallest absolute Gasteiger partial charge is 0.253 e. The molecule has 0 radical (unpaired) electrons. The van der Waals surface area contributed by atoms with E-state index < -0.39 is 0 Å². The fraction of sp³-hybridized carbons (Fsp3) is 0.462. The Morgan fingerprint density at radius 3 is 2.82 bits per heavy atom. The molecule has 1 amide bonds. The van der Waals surface area contributed by atoms with E-state index in [-0.39, 0.29) is 5.91 Å². The topological polar surface area (TPSA) is 20.3 Å².